The van der Waals surface area contributed by atoms with Crippen LogP contribution in [0.3, 0.4) is 0 Å². The molecule has 0 radical (unpaired) electrons. The van der Waals surface area contributed by atoms with Crippen LogP contribution in [0.15, 0.2) is 18.3 Å². The van der Waals surface area contributed by atoms with E-state index in [1.807, 2.05) is 0 Å². The van der Waals surface area contributed by atoms with Gasteiger partial charge < -0.3 is 4.90 Å². The highest BCUT2D eigenvalue weighted by molar-refractivity contribution is 6.06. The van der Waals surface area contributed by atoms with Crippen LogP contribution in [0.2, 0.25) is 0 Å². The number of nitrogens with zero attached hydrogens (tertiary/aromatic N) is 3. The number of rotatable bonds is 1. The maximum absolute atomic E-state index is 12.1. The van der Waals surface area contributed by atoms with Crippen LogP contribution in [0, 0.1) is 11.8 Å². The Morgan fingerprint density at radius 3 is 2.50 bits per heavy atom. The predicted octanol–water partition coefficient (Wildman–Crippen LogP) is -1.18. The summed E-state index contributed by atoms with van der Waals surface area (Å²) in [6, 6.07) is 3.18. The first kappa shape index (κ1) is 10.8. The second-order valence-electron chi connectivity index (χ2n) is 4.39. The maximum atomic E-state index is 12.1. The van der Waals surface area contributed by atoms with Gasteiger partial charge >= 0.3 is 0 Å². The molecule has 0 bridgehead atoms. The Bertz CT molecular complexity index is 508. The SMILES string of the molecule is O=C1NC(=O)[C@@H]2CN(C(=O)c3cccnn3)C[C@H]12. The predicted molar refractivity (Wildman–Crippen MR) is 58.1 cm³/mol. The van der Waals surface area contributed by atoms with Crippen LogP contribution in [0.5, 0.6) is 0 Å². The highest BCUT2D eigenvalue weighted by Gasteiger charge is 2.49. The number of amides is 3. The van der Waals surface area contributed by atoms with Crippen LogP contribution in [0.25, 0.3) is 0 Å². The molecule has 92 valence electrons. The van der Waals surface area contributed by atoms with Crippen molar-refractivity contribution in [2.24, 2.45) is 11.8 Å². The summed E-state index contributed by atoms with van der Waals surface area (Å²) in [6.07, 6.45) is 1.48. The number of aromatic nitrogens is 2. The lowest BCUT2D eigenvalue weighted by Crippen LogP contribution is -2.35. The van der Waals surface area contributed by atoms with Crippen molar-refractivity contribution in [2.45, 2.75) is 0 Å². The summed E-state index contributed by atoms with van der Waals surface area (Å²) in [7, 11) is 0. The molecule has 18 heavy (non-hydrogen) atoms. The fourth-order valence-corrected chi connectivity index (χ4v) is 2.39. The molecule has 0 saturated carbocycles. The smallest absolute Gasteiger partial charge is 0.274 e. The van der Waals surface area contributed by atoms with Gasteiger partial charge in [-0.2, -0.15) is 5.10 Å². The first-order valence-electron chi connectivity index (χ1n) is 5.58. The van der Waals surface area contributed by atoms with E-state index in [1.165, 1.54) is 11.1 Å². The molecule has 0 aliphatic carbocycles. The minimum atomic E-state index is -0.418. The van der Waals surface area contributed by atoms with Crippen molar-refractivity contribution in [3.05, 3.63) is 24.0 Å². The molecule has 1 N–H and O–H groups in total. The first-order valence-corrected chi connectivity index (χ1v) is 5.58. The summed E-state index contributed by atoms with van der Waals surface area (Å²) >= 11 is 0. The zero-order valence-corrected chi connectivity index (χ0v) is 9.37. The third kappa shape index (κ3) is 1.55. The fourth-order valence-electron chi connectivity index (χ4n) is 2.39. The number of carbonyl (C=O) groups excluding carboxylic acids is 3. The number of fused-ring (bicyclic) bond motifs is 1. The van der Waals surface area contributed by atoms with Crippen molar-refractivity contribution in [1.29, 1.82) is 0 Å². The minimum absolute atomic E-state index is 0.227. The van der Waals surface area contributed by atoms with Gasteiger partial charge in [0.05, 0.1) is 11.8 Å². The Kier molecular flexibility index (Phi) is 2.32. The zero-order valence-electron chi connectivity index (χ0n) is 9.37. The summed E-state index contributed by atoms with van der Waals surface area (Å²) in [5.41, 5.74) is 0.227. The molecule has 3 rings (SSSR count). The lowest BCUT2D eigenvalue weighted by Gasteiger charge is -2.15. The van der Waals surface area contributed by atoms with Crippen LogP contribution >= 0.6 is 0 Å². The Balaban J connectivity index is 1.79. The molecular formula is C11H10N4O3. The average Bonchev–Trinajstić information content (AvgIpc) is 2.93. The summed E-state index contributed by atoms with van der Waals surface area (Å²) in [6.45, 7) is 0.523. The molecule has 2 aliphatic heterocycles. The molecule has 3 heterocycles. The number of imide groups is 1. The third-order valence-electron chi connectivity index (χ3n) is 3.32. The molecule has 2 saturated heterocycles. The fraction of sp³-hybridized carbons (Fsp3) is 0.364. The number of nitrogens with one attached hydrogen (secondary N) is 1. The molecule has 0 aromatic carbocycles. The lowest BCUT2D eigenvalue weighted by atomic mass is 10.00. The van der Waals surface area contributed by atoms with Gasteiger partial charge in [-0.3, -0.25) is 19.7 Å². The van der Waals surface area contributed by atoms with Gasteiger partial charge in [-0.15, -0.1) is 5.10 Å². The minimum Gasteiger partial charge on any atom is -0.336 e. The molecule has 2 atom stereocenters. The second-order valence-corrected chi connectivity index (χ2v) is 4.39. The highest BCUT2D eigenvalue weighted by atomic mass is 16.2. The van der Waals surface area contributed by atoms with Gasteiger partial charge in [0.15, 0.2) is 5.69 Å². The van der Waals surface area contributed by atoms with Crippen LogP contribution in [-0.4, -0.2) is 45.9 Å². The van der Waals surface area contributed by atoms with E-state index in [2.05, 4.69) is 15.5 Å². The van der Waals surface area contributed by atoms with Gasteiger partial charge in [-0.25, -0.2) is 0 Å². The largest absolute Gasteiger partial charge is 0.336 e. The molecular weight excluding hydrogens is 236 g/mol. The van der Waals surface area contributed by atoms with Crippen molar-refractivity contribution in [1.82, 2.24) is 20.4 Å². The van der Waals surface area contributed by atoms with Crippen LogP contribution in [-0.2, 0) is 9.59 Å². The molecule has 0 spiro atoms. The van der Waals surface area contributed by atoms with E-state index in [4.69, 9.17) is 0 Å². The van der Waals surface area contributed by atoms with Crippen LogP contribution in [0.1, 0.15) is 10.5 Å². The topological polar surface area (TPSA) is 92.3 Å². The molecule has 1 aromatic heterocycles. The Labute approximate surface area is 102 Å². The Hall–Kier alpha value is -2.31. The highest BCUT2D eigenvalue weighted by Crippen LogP contribution is 2.28. The van der Waals surface area contributed by atoms with Crippen molar-refractivity contribution in [2.75, 3.05) is 13.1 Å². The molecule has 0 unspecified atom stereocenters. The van der Waals surface area contributed by atoms with Gasteiger partial charge in [-0.1, -0.05) is 0 Å². The van der Waals surface area contributed by atoms with E-state index < -0.39 is 11.8 Å². The normalized spacial score (nSPS) is 26.1. The molecule has 7 nitrogen and oxygen atoms in total. The third-order valence-corrected chi connectivity index (χ3v) is 3.32. The standard InChI is InChI=1S/C11H10N4O3/c16-9-6-4-15(5-7(6)10(17)13-9)11(18)8-2-1-3-12-14-8/h1-3,6-7H,4-5H2,(H,13,16,17)/t6-,7+. The number of likely N-dealkylation sites (tertiary alicyclic amines) is 1. The first-order chi connectivity index (χ1) is 8.66. The number of hydrogen-bond acceptors (Lipinski definition) is 5. The summed E-state index contributed by atoms with van der Waals surface area (Å²) in [5, 5.41) is 9.64. The zero-order chi connectivity index (χ0) is 12.7. The van der Waals surface area contributed by atoms with Crippen molar-refractivity contribution < 1.29 is 14.4 Å². The quantitative estimate of drug-likeness (QED) is 0.630. The lowest BCUT2D eigenvalue weighted by molar-refractivity contribution is -0.126. The Morgan fingerprint density at radius 1 is 1.28 bits per heavy atom. The van der Waals surface area contributed by atoms with Gasteiger partial charge in [0.25, 0.3) is 5.91 Å². The van der Waals surface area contributed by atoms with Crippen molar-refractivity contribution in [3.8, 4) is 0 Å². The molecule has 3 amide bonds. The molecule has 7 heteroatoms. The van der Waals surface area contributed by atoms with Gasteiger partial charge in [0.2, 0.25) is 11.8 Å². The van der Waals surface area contributed by atoms with Gasteiger partial charge in [0.1, 0.15) is 0 Å². The number of carbonyl (C=O) groups is 3. The van der Waals surface area contributed by atoms with E-state index in [0.29, 0.717) is 0 Å². The average molecular weight is 246 g/mol. The molecule has 2 fully saturated rings. The molecule has 1 aromatic rings. The van der Waals surface area contributed by atoms with Crippen molar-refractivity contribution >= 4 is 17.7 Å². The van der Waals surface area contributed by atoms with Crippen LogP contribution < -0.4 is 5.32 Å². The monoisotopic (exact) mass is 246 g/mol. The van der Waals surface area contributed by atoms with E-state index in [0.717, 1.165) is 0 Å². The molecule has 2 aliphatic rings. The van der Waals surface area contributed by atoms with E-state index in [9.17, 15) is 14.4 Å². The van der Waals surface area contributed by atoms with Crippen LogP contribution in [0.4, 0.5) is 0 Å². The Morgan fingerprint density at radius 2 is 1.94 bits per heavy atom. The summed E-state index contributed by atoms with van der Waals surface area (Å²) in [4.78, 5) is 36.5. The van der Waals surface area contributed by atoms with E-state index in [1.54, 1.807) is 12.1 Å². The number of hydrogen-bond donors (Lipinski definition) is 1. The van der Waals surface area contributed by atoms with Gasteiger partial charge in [0, 0.05) is 19.3 Å². The van der Waals surface area contributed by atoms with Crippen molar-refractivity contribution in [3.63, 3.8) is 0 Å². The van der Waals surface area contributed by atoms with E-state index >= 15 is 0 Å². The van der Waals surface area contributed by atoms with E-state index in [-0.39, 0.29) is 36.5 Å². The second kappa shape index (κ2) is 3.86. The summed E-state index contributed by atoms with van der Waals surface area (Å²) in [5.74, 6) is -1.71. The summed E-state index contributed by atoms with van der Waals surface area (Å²) < 4.78 is 0. The van der Waals surface area contributed by atoms with Gasteiger partial charge in [-0.05, 0) is 12.1 Å². The maximum Gasteiger partial charge on any atom is 0.274 e.